The summed E-state index contributed by atoms with van der Waals surface area (Å²) in [4.78, 5) is 3.52. The molecular weight excluding hydrogens is 100 g/mol. The second-order valence-corrected chi connectivity index (χ2v) is 1.15. The van der Waals surface area contributed by atoms with E-state index in [4.69, 9.17) is 5.26 Å². The quantitative estimate of drug-likeness (QED) is 0.473. The number of pyridine rings is 1. The van der Waals surface area contributed by atoms with E-state index in [1.807, 2.05) is 6.07 Å². The molecule has 0 atom stereocenters. The van der Waals surface area contributed by atoms with Gasteiger partial charge in [-0.05, 0) is 0 Å². The van der Waals surface area contributed by atoms with Crippen molar-refractivity contribution in [1.29, 1.82) is 5.26 Å². The van der Waals surface area contributed by atoms with Crippen molar-refractivity contribution < 1.29 is 0 Å². The molecule has 0 amide bonds. The third-order valence-electron chi connectivity index (χ3n) is 0.632. The van der Waals surface area contributed by atoms with E-state index in [9.17, 15) is 0 Å². The van der Waals surface area contributed by atoms with Crippen LogP contribution in [0.2, 0.25) is 0 Å². The summed E-state index contributed by atoms with van der Waals surface area (Å²) in [5.41, 5.74) is 0.392. The summed E-state index contributed by atoms with van der Waals surface area (Å²) in [7, 11) is 0. The number of nitriles is 1. The van der Waals surface area contributed by atoms with E-state index >= 15 is 0 Å². The molecule has 0 aliphatic rings. The molecule has 0 saturated heterocycles. The van der Waals surface area contributed by atoms with Crippen LogP contribution in [0.1, 0.15) is 5.56 Å². The highest BCUT2D eigenvalue weighted by Gasteiger charge is 1.83. The van der Waals surface area contributed by atoms with Crippen LogP contribution in [0.15, 0.2) is 6.20 Å². The molecule has 35 valence electrons. The molecule has 0 N–H and O–H groups in total. The van der Waals surface area contributed by atoms with Gasteiger partial charge >= 0.3 is 0 Å². The van der Waals surface area contributed by atoms with Gasteiger partial charge in [-0.25, -0.2) is 0 Å². The molecule has 0 aliphatic carbocycles. The third kappa shape index (κ3) is 0.824. The monoisotopic (exact) mass is 101 g/mol. The lowest BCUT2D eigenvalue weighted by atomic mass is 10.3. The maximum absolute atomic E-state index is 8.18. The van der Waals surface area contributed by atoms with Crippen LogP contribution in [-0.2, 0) is 0 Å². The Morgan fingerprint density at radius 2 is 2.62 bits per heavy atom. The molecule has 1 aromatic heterocycles. The Balaban J connectivity index is 3.05. The zero-order valence-corrected chi connectivity index (χ0v) is 3.97. The van der Waals surface area contributed by atoms with Crippen molar-refractivity contribution in [2.45, 2.75) is 0 Å². The molecule has 8 heavy (non-hydrogen) atoms. The van der Waals surface area contributed by atoms with Gasteiger partial charge in [-0.3, -0.25) is 4.98 Å². The zero-order chi connectivity index (χ0) is 5.82. The van der Waals surface area contributed by atoms with Crippen molar-refractivity contribution in [3.05, 3.63) is 30.1 Å². The summed E-state index contributed by atoms with van der Waals surface area (Å²) in [6.07, 6.45) is 3.77. The van der Waals surface area contributed by atoms with Crippen molar-refractivity contribution in [1.82, 2.24) is 4.98 Å². The third-order valence-corrected chi connectivity index (χ3v) is 0.632. The first-order chi connectivity index (χ1) is 3.93. The average molecular weight is 101 g/mol. The lowest BCUT2D eigenvalue weighted by molar-refractivity contribution is 1.28. The van der Waals surface area contributed by atoms with E-state index in [0.29, 0.717) is 5.56 Å². The van der Waals surface area contributed by atoms with Crippen LogP contribution in [-0.4, -0.2) is 4.98 Å². The molecule has 0 unspecified atom stereocenters. The summed E-state index contributed by atoms with van der Waals surface area (Å²) in [5, 5.41) is 8.18. The van der Waals surface area contributed by atoms with Crippen LogP contribution in [0.25, 0.3) is 0 Å². The van der Waals surface area contributed by atoms with E-state index in [2.05, 4.69) is 23.3 Å². The van der Waals surface area contributed by atoms with Crippen LogP contribution >= 0.6 is 0 Å². The Morgan fingerprint density at radius 3 is 3.00 bits per heavy atom. The minimum atomic E-state index is 0.392. The van der Waals surface area contributed by atoms with Crippen LogP contribution in [0.3, 0.4) is 0 Å². The van der Waals surface area contributed by atoms with E-state index in [0.717, 1.165) is 0 Å². The molecule has 1 rings (SSSR count). The predicted molar refractivity (Wildman–Crippen MR) is 25.5 cm³/mol. The zero-order valence-electron chi connectivity index (χ0n) is 3.97. The highest BCUT2D eigenvalue weighted by molar-refractivity contribution is 5.21. The van der Waals surface area contributed by atoms with Crippen LogP contribution < -0.4 is 0 Å². The number of nitrogens with zero attached hydrogens (tertiary/aromatic N) is 2. The Morgan fingerprint density at radius 1 is 1.75 bits per heavy atom. The molecule has 0 fully saturated rings. The molecule has 1 aromatic rings. The van der Waals surface area contributed by atoms with Crippen molar-refractivity contribution in [3.63, 3.8) is 0 Å². The fourth-order valence-corrected chi connectivity index (χ4v) is 0.313. The van der Waals surface area contributed by atoms with Crippen molar-refractivity contribution >= 4 is 0 Å². The van der Waals surface area contributed by atoms with E-state index in [1.54, 1.807) is 0 Å². The SMILES string of the molecule is N#Cc1[c][c][c]nc1. The van der Waals surface area contributed by atoms with Crippen LogP contribution in [0, 0.1) is 29.7 Å². The smallest absolute Gasteiger partial charge is 0.101 e. The number of rotatable bonds is 0. The van der Waals surface area contributed by atoms with Crippen molar-refractivity contribution in [2.24, 2.45) is 0 Å². The number of hydrogen-bond acceptors (Lipinski definition) is 2. The van der Waals surface area contributed by atoms with Gasteiger partial charge in [0.25, 0.3) is 0 Å². The lowest BCUT2D eigenvalue weighted by Gasteiger charge is -1.77. The van der Waals surface area contributed by atoms with Gasteiger partial charge in [-0.2, -0.15) is 5.26 Å². The second kappa shape index (κ2) is 2.08. The Labute approximate surface area is 47.4 Å². The van der Waals surface area contributed by atoms with Gasteiger partial charge in [-0.1, -0.05) is 0 Å². The summed E-state index contributed by atoms with van der Waals surface area (Å²) in [6.45, 7) is 0. The maximum Gasteiger partial charge on any atom is 0.101 e. The van der Waals surface area contributed by atoms with Gasteiger partial charge in [0.05, 0.1) is 11.8 Å². The van der Waals surface area contributed by atoms with Crippen LogP contribution in [0.4, 0.5) is 0 Å². The Kier molecular flexibility index (Phi) is 1.25. The minimum Gasteiger partial charge on any atom is -0.253 e. The van der Waals surface area contributed by atoms with Gasteiger partial charge in [0.1, 0.15) is 6.07 Å². The van der Waals surface area contributed by atoms with Gasteiger partial charge in [-0.15, -0.1) is 0 Å². The highest BCUT2D eigenvalue weighted by Crippen LogP contribution is 1.86. The maximum atomic E-state index is 8.18. The molecule has 0 aromatic carbocycles. The topological polar surface area (TPSA) is 36.7 Å². The average Bonchev–Trinajstić information content (AvgIpc) is 1.90. The predicted octanol–water partition coefficient (Wildman–Crippen LogP) is 0.354. The van der Waals surface area contributed by atoms with Crippen molar-refractivity contribution in [2.75, 3.05) is 0 Å². The standard InChI is InChI=1S/C6HN2/c7-4-6-2-1-3-8-5-6/h5H. The number of aromatic nitrogens is 1. The van der Waals surface area contributed by atoms with Gasteiger partial charge in [0.2, 0.25) is 0 Å². The second-order valence-electron chi connectivity index (χ2n) is 1.15. The largest absolute Gasteiger partial charge is 0.253 e. The molecule has 2 nitrogen and oxygen atoms in total. The van der Waals surface area contributed by atoms with E-state index in [1.165, 1.54) is 6.20 Å². The first-order valence-corrected chi connectivity index (χ1v) is 1.99. The molecule has 0 saturated carbocycles. The first-order valence-electron chi connectivity index (χ1n) is 1.99. The molecule has 1 heterocycles. The highest BCUT2D eigenvalue weighted by atomic mass is 14.6. The summed E-state index contributed by atoms with van der Waals surface area (Å²) >= 11 is 0. The molecule has 0 aliphatic heterocycles. The molecule has 2 heteroatoms. The van der Waals surface area contributed by atoms with Gasteiger partial charge in [0.15, 0.2) is 0 Å². The molecular formula is C6HN2. The van der Waals surface area contributed by atoms with E-state index in [-0.39, 0.29) is 0 Å². The molecule has 0 spiro atoms. The van der Waals surface area contributed by atoms with E-state index < -0.39 is 0 Å². The fourth-order valence-electron chi connectivity index (χ4n) is 0.313. The van der Waals surface area contributed by atoms with Crippen molar-refractivity contribution in [3.8, 4) is 6.07 Å². The summed E-state index contributed by atoms with van der Waals surface area (Å²) in [5.74, 6) is 0. The summed E-state index contributed by atoms with van der Waals surface area (Å²) in [6, 6.07) is 6.80. The summed E-state index contributed by atoms with van der Waals surface area (Å²) < 4.78 is 0. The van der Waals surface area contributed by atoms with Gasteiger partial charge < -0.3 is 0 Å². The molecule has 3 radical (unpaired) electrons. The fraction of sp³-hybridized carbons (Fsp3) is 0. The molecule has 0 bridgehead atoms. The normalized spacial score (nSPS) is 7.88. The Hall–Kier alpha value is -1.36. The minimum absolute atomic E-state index is 0.392. The lowest BCUT2D eigenvalue weighted by Crippen LogP contribution is -1.74. The van der Waals surface area contributed by atoms with Crippen LogP contribution in [0.5, 0.6) is 0 Å². The van der Waals surface area contributed by atoms with Gasteiger partial charge in [0, 0.05) is 18.3 Å². The number of hydrogen-bond donors (Lipinski definition) is 0. The first kappa shape index (κ1) is 4.79. The Bertz CT molecular complexity index is 198.